The first-order valence-corrected chi connectivity index (χ1v) is 8.50. The van der Waals surface area contributed by atoms with Crippen molar-refractivity contribution in [3.63, 3.8) is 0 Å². The lowest BCUT2D eigenvalue weighted by Gasteiger charge is -2.22. The molecule has 124 valence electrons. The van der Waals surface area contributed by atoms with Gasteiger partial charge in [-0.1, -0.05) is 23.2 Å². The third-order valence-electron chi connectivity index (χ3n) is 3.75. The van der Waals surface area contributed by atoms with Crippen molar-refractivity contribution in [1.29, 1.82) is 0 Å². The van der Waals surface area contributed by atoms with E-state index in [4.69, 9.17) is 35.4 Å². The molecule has 0 radical (unpaired) electrons. The number of anilines is 1. The first-order valence-electron chi connectivity index (χ1n) is 7.33. The van der Waals surface area contributed by atoms with Crippen LogP contribution in [0.1, 0.15) is 23.9 Å². The van der Waals surface area contributed by atoms with Gasteiger partial charge in [0.15, 0.2) is 5.11 Å². The second-order valence-corrected chi connectivity index (χ2v) is 6.61. The van der Waals surface area contributed by atoms with Gasteiger partial charge < -0.3 is 10.2 Å². The van der Waals surface area contributed by atoms with Crippen LogP contribution in [-0.2, 0) is 13.1 Å². The molecular weight excluding hydrogens is 351 g/mol. The fourth-order valence-electron chi connectivity index (χ4n) is 2.38. The maximum absolute atomic E-state index is 6.17. The van der Waals surface area contributed by atoms with Crippen LogP contribution in [0.3, 0.4) is 0 Å². The molecule has 0 aliphatic carbocycles. The van der Waals surface area contributed by atoms with Gasteiger partial charge in [0, 0.05) is 36.4 Å². The maximum Gasteiger partial charge on any atom is 0.173 e. The Bertz CT molecular complexity index is 727. The van der Waals surface area contributed by atoms with E-state index in [1.807, 2.05) is 29.6 Å². The van der Waals surface area contributed by atoms with Crippen molar-refractivity contribution < 1.29 is 0 Å². The molecule has 2 rings (SSSR count). The largest absolute Gasteiger partial charge is 0.348 e. The monoisotopic (exact) mass is 370 g/mol. The summed E-state index contributed by atoms with van der Waals surface area (Å²) in [5, 5.41) is 9.43. The number of aryl methyl sites for hydroxylation is 2. The molecule has 4 nitrogen and oxygen atoms in total. The molecule has 0 aliphatic rings. The topological polar surface area (TPSA) is 33.1 Å². The summed E-state index contributed by atoms with van der Waals surface area (Å²) in [6.45, 7) is 7.74. The molecule has 0 atom stereocenters. The van der Waals surface area contributed by atoms with E-state index < -0.39 is 0 Å². The standard InChI is InChI=1S/C16H20Cl2N4S/c1-5-22-11(3)13(10(2)20-22)9-21(4)16(23)19-15-7-6-12(17)8-14(15)18/h6-8H,5,9H2,1-4H3,(H,19,23). The molecular formula is C16H20Cl2N4S. The summed E-state index contributed by atoms with van der Waals surface area (Å²) in [6.07, 6.45) is 0. The predicted molar refractivity (Wildman–Crippen MR) is 102 cm³/mol. The fraction of sp³-hybridized carbons (Fsp3) is 0.375. The van der Waals surface area contributed by atoms with Crippen LogP contribution in [0.5, 0.6) is 0 Å². The van der Waals surface area contributed by atoms with E-state index in [2.05, 4.69) is 24.3 Å². The van der Waals surface area contributed by atoms with Crippen molar-refractivity contribution >= 4 is 46.2 Å². The van der Waals surface area contributed by atoms with Gasteiger partial charge in [0.25, 0.3) is 0 Å². The number of halogens is 2. The number of hydrogen-bond donors (Lipinski definition) is 1. The number of benzene rings is 1. The Morgan fingerprint density at radius 3 is 2.61 bits per heavy atom. The van der Waals surface area contributed by atoms with Crippen molar-refractivity contribution in [3.05, 3.63) is 45.2 Å². The summed E-state index contributed by atoms with van der Waals surface area (Å²) in [5.74, 6) is 0. The zero-order valence-electron chi connectivity index (χ0n) is 13.7. The van der Waals surface area contributed by atoms with Gasteiger partial charge in [-0.2, -0.15) is 5.10 Å². The zero-order chi connectivity index (χ0) is 17.1. The van der Waals surface area contributed by atoms with Crippen LogP contribution in [0.4, 0.5) is 5.69 Å². The van der Waals surface area contributed by atoms with Crippen LogP contribution in [-0.4, -0.2) is 26.8 Å². The molecule has 2 aromatic rings. The first-order chi connectivity index (χ1) is 10.8. The second kappa shape index (κ2) is 7.51. The van der Waals surface area contributed by atoms with E-state index in [1.54, 1.807) is 12.1 Å². The van der Waals surface area contributed by atoms with Gasteiger partial charge in [-0.15, -0.1) is 0 Å². The highest BCUT2D eigenvalue weighted by Gasteiger charge is 2.15. The number of hydrogen-bond acceptors (Lipinski definition) is 2. The SMILES string of the molecule is CCn1nc(C)c(CN(C)C(=S)Nc2ccc(Cl)cc2Cl)c1C. The zero-order valence-corrected chi connectivity index (χ0v) is 16.0. The molecule has 0 saturated carbocycles. The smallest absolute Gasteiger partial charge is 0.173 e. The molecule has 0 aliphatic heterocycles. The quantitative estimate of drug-likeness (QED) is 0.793. The van der Waals surface area contributed by atoms with Crippen molar-refractivity contribution in [3.8, 4) is 0 Å². The molecule has 0 bridgehead atoms. The minimum Gasteiger partial charge on any atom is -0.348 e. The molecule has 1 aromatic carbocycles. The van der Waals surface area contributed by atoms with Crippen molar-refractivity contribution in [1.82, 2.24) is 14.7 Å². The van der Waals surface area contributed by atoms with E-state index in [1.165, 1.54) is 11.3 Å². The molecule has 23 heavy (non-hydrogen) atoms. The molecule has 0 saturated heterocycles. The molecule has 0 spiro atoms. The molecule has 1 aromatic heterocycles. The van der Waals surface area contributed by atoms with Gasteiger partial charge in [0.05, 0.1) is 16.4 Å². The third kappa shape index (κ3) is 4.16. The Balaban J connectivity index is 2.10. The molecule has 7 heteroatoms. The summed E-state index contributed by atoms with van der Waals surface area (Å²) < 4.78 is 2.01. The highest BCUT2D eigenvalue weighted by molar-refractivity contribution is 7.80. The highest BCUT2D eigenvalue weighted by atomic mass is 35.5. The van der Waals surface area contributed by atoms with Crippen LogP contribution in [0.25, 0.3) is 0 Å². The Hall–Kier alpha value is -1.30. The Morgan fingerprint density at radius 2 is 2.04 bits per heavy atom. The number of nitrogens with one attached hydrogen (secondary N) is 1. The van der Waals surface area contributed by atoms with Crippen LogP contribution in [0.2, 0.25) is 10.0 Å². The van der Waals surface area contributed by atoms with E-state index in [-0.39, 0.29) is 0 Å². The predicted octanol–water partition coefficient (Wildman–Crippen LogP) is 4.66. The lowest BCUT2D eigenvalue weighted by molar-refractivity contribution is 0.504. The Morgan fingerprint density at radius 1 is 1.35 bits per heavy atom. The lowest BCUT2D eigenvalue weighted by Crippen LogP contribution is -2.31. The lowest BCUT2D eigenvalue weighted by atomic mass is 10.2. The maximum atomic E-state index is 6.17. The second-order valence-electron chi connectivity index (χ2n) is 5.38. The molecule has 0 amide bonds. The van der Waals surface area contributed by atoms with Gasteiger partial charge >= 0.3 is 0 Å². The van der Waals surface area contributed by atoms with Gasteiger partial charge in [-0.3, -0.25) is 4.68 Å². The number of nitrogens with zero attached hydrogens (tertiary/aromatic N) is 3. The Labute approximate surface area is 152 Å². The molecule has 0 fully saturated rings. The molecule has 1 heterocycles. The van der Waals surface area contributed by atoms with E-state index >= 15 is 0 Å². The third-order valence-corrected chi connectivity index (χ3v) is 4.71. The van der Waals surface area contributed by atoms with Crippen molar-refractivity contribution in [2.24, 2.45) is 0 Å². The normalized spacial score (nSPS) is 10.7. The van der Waals surface area contributed by atoms with E-state index in [0.717, 1.165) is 17.9 Å². The van der Waals surface area contributed by atoms with Crippen LogP contribution < -0.4 is 5.32 Å². The number of thiocarbonyl (C=S) groups is 1. The summed E-state index contributed by atoms with van der Waals surface area (Å²) >= 11 is 17.6. The van der Waals surface area contributed by atoms with Gasteiger partial charge in [-0.05, 0) is 51.2 Å². The Kier molecular flexibility index (Phi) is 5.89. The summed E-state index contributed by atoms with van der Waals surface area (Å²) in [6, 6.07) is 5.28. The van der Waals surface area contributed by atoms with Gasteiger partial charge in [0.1, 0.15) is 0 Å². The average Bonchev–Trinajstić information content (AvgIpc) is 2.77. The molecule has 1 N–H and O–H groups in total. The van der Waals surface area contributed by atoms with E-state index in [9.17, 15) is 0 Å². The highest BCUT2D eigenvalue weighted by Crippen LogP contribution is 2.26. The van der Waals surface area contributed by atoms with Crippen molar-refractivity contribution in [2.75, 3.05) is 12.4 Å². The summed E-state index contributed by atoms with van der Waals surface area (Å²) in [5.41, 5.74) is 4.14. The summed E-state index contributed by atoms with van der Waals surface area (Å²) in [7, 11) is 1.95. The van der Waals surface area contributed by atoms with Crippen LogP contribution >= 0.6 is 35.4 Å². The van der Waals surface area contributed by atoms with E-state index in [0.29, 0.717) is 21.7 Å². The summed E-state index contributed by atoms with van der Waals surface area (Å²) in [4.78, 5) is 1.97. The minimum absolute atomic E-state index is 0.541. The number of aromatic nitrogens is 2. The van der Waals surface area contributed by atoms with Gasteiger partial charge in [-0.25, -0.2) is 0 Å². The fourth-order valence-corrected chi connectivity index (χ4v) is 3.01. The number of rotatable bonds is 4. The van der Waals surface area contributed by atoms with Gasteiger partial charge in [0.2, 0.25) is 0 Å². The first kappa shape index (κ1) is 18.0. The molecule has 0 unspecified atom stereocenters. The van der Waals surface area contributed by atoms with Crippen LogP contribution in [0, 0.1) is 13.8 Å². The average molecular weight is 371 g/mol. The van der Waals surface area contributed by atoms with Crippen LogP contribution in [0.15, 0.2) is 18.2 Å². The van der Waals surface area contributed by atoms with Crippen molar-refractivity contribution in [2.45, 2.75) is 33.9 Å². The minimum atomic E-state index is 0.541.